The molecule has 0 aliphatic rings. The predicted molar refractivity (Wildman–Crippen MR) is 97.7 cm³/mol. The Morgan fingerprint density at radius 2 is 1.87 bits per heavy atom. The maximum absolute atomic E-state index is 11.1. The molecule has 1 heterocycles. The third kappa shape index (κ3) is 4.58. The Labute approximate surface area is 149 Å². The molecular formula is C18H21BrO3S. The summed E-state index contributed by atoms with van der Waals surface area (Å²) in [6.07, 6.45) is 0.710. The number of carbonyl (C=O) groups is 1. The van der Waals surface area contributed by atoms with E-state index in [1.54, 1.807) is 6.07 Å². The van der Waals surface area contributed by atoms with Crippen molar-refractivity contribution in [3.8, 4) is 5.75 Å². The van der Waals surface area contributed by atoms with Gasteiger partial charge in [0.05, 0.1) is 0 Å². The fourth-order valence-electron chi connectivity index (χ4n) is 2.43. The zero-order valence-corrected chi connectivity index (χ0v) is 16.1. The second kappa shape index (κ2) is 7.49. The number of aryl methyl sites for hydroxylation is 2. The first-order valence-corrected chi connectivity index (χ1v) is 9.15. The monoisotopic (exact) mass is 396 g/mol. The number of carboxylic acid groups (broad SMARTS) is 1. The number of aromatic carboxylic acids is 1. The number of rotatable bonds is 6. The fourth-order valence-corrected chi connectivity index (χ4v) is 3.55. The van der Waals surface area contributed by atoms with Crippen LogP contribution in [0.3, 0.4) is 0 Å². The van der Waals surface area contributed by atoms with Crippen molar-refractivity contribution < 1.29 is 14.6 Å². The van der Waals surface area contributed by atoms with Crippen LogP contribution >= 0.6 is 27.3 Å². The van der Waals surface area contributed by atoms with Gasteiger partial charge >= 0.3 is 5.97 Å². The molecule has 0 aliphatic heterocycles. The van der Waals surface area contributed by atoms with Crippen LogP contribution < -0.4 is 4.74 Å². The van der Waals surface area contributed by atoms with Gasteiger partial charge in [0.25, 0.3) is 0 Å². The van der Waals surface area contributed by atoms with Crippen molar-refractivity contribution >= 4 is 33.2 Å². The molecule has 1 atom stereocenters. The van der Waals surface area contributed by atoms with Crippen molar-refractivity contribution in [2.75, 3.05) is 0 Å². The highest BCUT2D eigenvalue weighted by atomic mass is 79.9. The van der Waals surface area contributed by atoms with E-state index in [0.29, 0.717) is 10.8 Å². The molecule has 1 aromatic heterocycles. The first kappa shape index (κ1) is 18.0. The molecule has 0 fully saturated rings. The Hall–Kier alpha value is -1.33. The number of halogens is 1. The molecule has 2 aromatic rings. The second-order valence-electron chi connectivity index (χ2n) is 6.11. The SMILES string of the molecule is Cc1cc(O[C@H](CC(C)C)c2ccc(C(=O)O)s2)cc(C)c1Br. The lowest BCUT2D eigenvalue weighted by molar-refractivity contribution is 0.0702. The van der Waals surface area contributed by atoms with Crippen LogP contribution in [0.2, 0.25) is 0 Å². The number of carboxylic acids is 1. The van der Waals surface area contributed by atoms with Crippen LogP contribution in [0.5, 0.6) is 5.75 Å². The van der Waals surface area contributed by atoms with Crippen molar-refractivity contribution in [1.29, 1.82) is 0 Å². The van der Waals surface area contributed by atoms with Crippen LogP contribution in [0.25, 0.3) is 0 Å². The summed E-state index contributed by atoms with van der Waals surface area (Å²) in [5, 5.41) is 9.12. The Morgan fingerprint density at radius 3 is 2.35 bits per heavy atom. The van der Waals surface area contributed by atoms with Gasteiger partial charge in [-0.2, -0.15) is 0 Å². The van der Waals surface area contributed by atoms with Gasteiger partial charge in [0.2, 0.25) is 0 Å². The maximum Gasteiger partial charge on any atom is 0.345 e. The molecule has 0 saturated heterocycles. The Bertz CT molecular complexity index is 683. The first-order valence-electron chi connectivity index (χ1n) is 7.54. The molecule has 5 heteroatoms. The van der Waals surface area contributed by atoms with E-state index in [4.69, 9.17) is 9.84 Å². The van der Waals surface area contributed by atoms with Gasteiger partial charge in [-0.05, 0) is 61.6 Å². The minimum atomic E-state index is -0.889. The topological polar surface area (TPSA) is 46.5 Å². The lowest BCUT2D eigenvalue weighted by Gasteiger charge is -2.21. The van der Waals surface area contributed by atoms with E-state index in [1.807, 2.05) is 32.0 Å². The van der Waals surface area contributed by atoms with E-state index in [2.05, 4.69) is 29.8 Å². The van der Waals surface area contributed by atoms with Crippen molar-refractivity contribution in [3.05, 3.63) is 49.6 Å². The molecule has 0 aliphatic carbocycles. The van der Waals surface area contributed by atoms with E-state index in [-0.39, 0.29) is 6.10 Å². The summed E-state index contributed by atoms with van der Waals surface area (Å²) in [6.45, 7) is 8.35. The highest BCUT2D eigenvalue weighted by Gasteiger charge is 2.20. The molecule has 0 spiro atoms. The standard InChI is InChI=1S/C18H21BrO3S/c1-10(2)7-14(15-5-6-16(23-15)18(20)21)22-13-8-11(3)17(19)12(4)9-13/h5-6,8-10,14H,7H2,1-4H3,(H,20,21)/t14-/m1/s1. The van der Waals surface area contributed by atoms with Crippen molar-refractivity contribution in [2.45, 2.75) is 40.2 Å². The first-order chi connectivity index (χ1) is 10.8. The molecule has 0 amide bonds. The summed E-state index contributed by atoms with van der Waals surface area (Å²) >= 11 is 4.85. The highest BCUT2D eigenvalue weighted by molar-refractivity contribution is 9.10. The highest BCUT2D eigenvalue weighted by Crippen LogP contribution is 2.34. The van der Waals surface area contributed by atoms with Gasteiger partial charge in [0.15, 0.2) is 0 Å². The zero-order valence-electron chi connectivity index (χ0n) is 13.7. The Balaban J connectivity index is 2.30. The average molecular weight is 397 g/mol. The van der Waals surface area contributed by atoms with E-state index >= 15 is 0 Å². The van der Waals surface area contributed by atoms with E-state index in [1.165, 1.54) is 11.3 Å². The number of ether oxygens (including phenoxy) is 1. The second-order valence-corrected chi connectivity index (χ2v) is 8.02. The van der Waals surface area contributed by atoms with Crippen LogP contribution in [0.4, 0.5) is 0 Å². The van der Waals surface area contributed by atoms with Gasteiger partial charge in [0, 0.05) is 9.35 Å². The molecular weight excluding hydrogens is 376 g/mol. The minimum Gasteiger partial charge on any atom is -0.485 e. The predicted octanol–water partition coefficient (Wildman–Crippen LogP) is 5.99. The van der Waals surface area contributed by atoms with Gasteiger partial charge in [0.1, 0.15) is 16.7 Å². The third-order valence-corrected chi connectivity index (χ3v) is 5.94. The maximum atomic E-state index is 11.1. The number of hydrogen-bond acceptors (Lipinski definition) is 3. The van der Waals surface area contributed by atoms with E-state index in [9.17, 15) is 4.79 Å². The molecule has 1 aromatic carbocycles. The molecule has 23 heavy (non-hydrogen) atoms. The van der Waals surface area contributed by atoms with Crippen LogP contribution in [-0.2, 0) is 0 Å². The van der Waals surface area contributed by atoms with Gasteiger partial charge < -0.3 is 9.84 Å². The molecule has 124 valence electrons. The summed E-state index contributed by atoms with van der Waals surface area (Å²) < 4.78 is 7.31. The molecule has 0 unspecified atom stereocenters. The number of hydrogen-bond donors (Lipinski definition) is 1. The zero-order chi connectivity index (χ0) is 17.1. The van der Waals surface area contributed by atoms with Gasteiger partial charge in [-0.3, -0.25) is 0 Å². The van der Waals surface area contributed by atoms with E-state index in [0.717, 1.165) is 32.6 Å². The van der Waals surface area contributed by atoms with Crippen molar-refractivity contribution in [1.82, 2.24) is 0 Å². The summed E-state index contributed by atoms with van der Waals surface area (Å²) in [5.41, 5.74) is 2.25. The van der Waals surface area contributed by atoms with Crippen LogP contribution in [0.15, 0.2) is 28.7 Å². The number of benzene rings is 1. The molecule has 1 N–H and O–H groups in total. The number of thiophene rings is 1. The lowest BCUT2D eigenvalue weighted by atomic mass is 10.0. The van der Waals surface area contributed by atoms with Crippen LogP contribution in [0, 0.1) is 19.8 Å². The molecule has 3 nitrogen and oxygen atoms in total. The fraction of sp³-hybridized carbons (Fsp3) is 0.389. The Morgan fingerprint density at radius 1 is 1.26 bits per heavy atom. The van der Waals surface area contributed by atoms with Gasteiger partial charge in [-0.25, -0.2) is 4.79 Å². The van der Waals surface area contributed by atoms with Gasteiger partial charge in [-0.15, -0.1) is 11.3 Å². The molecule has 2 rings (SSSR count). The molecule has 0 saturated carbocycles. The Kier molecular flexibility index (Phi) is 5.87. The molecule has 0 radical (unpaired) electrons. The molecule has 0 bridgehead atoms. The lowest BCUT2D eigenvalue weighted by Crippen LogP contribution is -2.09. The minimum absolute atomic E-state index is 0.131. The third-order valence-electron chi connectivity index (χ3n) is 3.53. The smallest absolute Gasteiger partial charge is 0.345 e. The average Bonchev–Trinajstić information content (AvgIpc) is 2.93. The summed E-state index contributed by atoms with van der Waals surface area (Å²) in [7, 11) is 0. The van der Waals surface area contributed by atoms with Crippen molar-refractivity contribution in [3.63, 3.8) is 0 Å². The summed E-state index contributed by atoms with van der Waals surface area (Å²) in [4.78, 5) is 12.4. The summed E-state index contributed by atoms with van der Waals surface area (Å²) in [5.74, 6) is 0.382. The summed E-state index contributed by atoms with van der Waals surface area (Å²) in [6, 6.07) is 7.53. The van der Waals surface area contributed by atoms with Crippen LogP contribution in [0.1, 0.15) is 52.0 Å². The van der Waals surface area contributed by atoms with Gasteiger partial charge in [-0.1, -0.05) is 29.8 Å². The normalized spacial score (nSPS) is 12.4. The van der Waals surface area contributed by atoms with Crippen LogP contribution in [-0.4, -0.2) is 11.1 Å². The van der Waals surface area contributed by atoms with Crippen molar-refractivity contribution in [2.24, 2.45) is 5.92 Å². The largest absolute Gasteiger partial charge is 0.485 e. The van der Waals surface area contributed by atoms with E-state index < -0.39 is 5.97 Å². The quantitative estimate of drug-likeness (QED) is 0.651.